The summed E-state index contributed by atoms with van der Waals surface area (Å²) in [6, 6.07) is 15.5. The fraction of sp³-hybridized carbons (Fsp3) is 0.400. The number of anilines is 1. The highest BCUT2D eigenvalue weighted by Crippen LogP contribution is 2.40. The van der Waals surface area contributed by atoms with Crippen molar-refractivity contribution >= 4 is 23.1 Å². The molecule has 4 heteroatoms. The lowest BCUT2D eigenvalue weighted by molar-refractivity contribution is -0.116. The molecule has 0 saturated carbocycles. The molecule has 0 bridgehead atoms. The first-order chi connectivity index (χ1) is 14.0. The van der Waals surface area contributed by atoms with E-state index >= 15 is 0 Å². The Labute approximate surface area is 178 Å². The number of rotatable bonds is 7. The average molecular weight is 409 g/mol. The fourth-order valence-electron chi connectivity index (χ4n) is 4.33. The highest BCUT2D eigenvalue weighted by molar-refractivity contribution is 6.31. The molecule has 0 radical (unpaired) electrons. The average Bonchev–Trinajstić information content (AvgIpc) is 3.46. The first-order valence-electron chi connectivity index (χ1n) is 10.6. The second kappa shape index (κ2) is 8.73. The molecule has 1 heterocycles. The zero-order valence-corrected chi connectivity index (χ0v) is 18.0. The van der Waals surface area contributed by atoms with Gasteiger partial charge in [0.1, 0.15) is 0 Å². The lowest BCUT2D eigenvalue weighted by Crippen LogP contribution is -2.11. The number of allylic oxidation sites excluding steroid dienone is 1. The summed E-state index contributed by atoms with van der Waals surface area (Å²) in [5.41, 5.74) is 7.23. The van der Waals surface area contributed by atoms with Crippen molar-refractivity contribution in [1.29, 1.82) is 0 Å². The molecule has 4 rings (SSSR count). The largest absolute Gasteiger partial charge is 0.385 e. The summed E-state index contributed by atoms with van der Waals surface area (Å²) in [7, 11) is 0. The molecular formula is C25H29ClN2O. The maximum absolute atomic E-state index is 11.9. The van der Waals surface area contributed by atoms with Crippen molar-refractivity contribution < 1.29 is 4.79 Å². The molecule has 2 N–H and O–H groups in total. The van der Waals surface area contributed by atoms with Crippen molar-refractivity contribution in [2.75, 3.05) is 11.9 Å². The fourth-order valence-corrected chi connectivity index (χ4v) is 4.63. The topological polar surface area (TPSA) is 51.0 Å². The van der Waals surface area contributed by atoms with Gasteiger partial charge in [-0.1, -0.05) is 47.5 Å². The number of hydrogen-bond donors (Lipinski definition) is 2. The van der Waals surface area contributed by atoms with E-state index in [2.05, 4.69) is 54.0 Å². The van der Waals surface area contributed by atoms with Gasteiger partial charge < -0.3 is 10.6 Å². The normalized spacial score (nSPS) is 21.4. The monoisotopic (exact) mass is 408 g/mol. The summed E-state index contributed by atoms with van der Waals surface area (Å²) in [5.74, 6) is 0.322. The zero-order valence-electron chi connectivity index (χ0n) is 17.2. The predicted molar refractivity (Wildman–Crippen MR) is 121 cm³/mol. The molecule has 0 amide bonds. The van der Waals surface area contributed by atoms with Crippen LogP contribution in [0.5, 0.6) is 0 Å². The second-order valence-corrected chi connectivity index (χ2v) is 8.71. The molecule has 1 fully saturated rings. The molecule has 2 aromatic rings. The highest BCUT2D eigenvalue weighted by Gasteiger charge is 2.39. The number of ketones is 1. The number of halogens is 1. The molecule has 2 aromatic carbocycles. The molecule has 0 spiro atoms. The minimum Gasteiger partial charge on any atom is -0.385 e. The van der Waals surface area contributed by atoms with Gasteiger partial charge in [-0.15, -0.1) is 0 Å². The Morgan fingerprint density at radius 2 is 1.97 bits per heavy atom. The third-order valence-electron chi connectivity index (χ3n) is 6.30. The van der Waals surface area contributed by atoms with Crippen LogP contribution in [0, 0.1) is 6.92 Å². The van der Waals surface area contributed by atoms with Gasteiger partial charge in [0.25, 0.3) is 0 Å². The molecule has 1 saturated heterocycles. The van der Waals surface area contributed by atoms with Crippen LogP contribution >= 0.6 is 11.6 Å². The summed E-state index contributed by atoms with van der Waals surface area (Å²) in [6.07, 6.45) is 4.70. The highest BCUT2D eigenvalue weighted by atomic mass is 35.5. The van der Waals surface area contributed by atoms with Crippen molar-refractivity contribution in [3.63, 3.8) is 0 Å². The van der Waals surface area contributed by atoms with Crippen molar-refractivity contribution in [2.24, 2.45) is 0 Å². The Hall–Kier alpha value is -2.10. The Balaban J connectivity index is 1.33. The van der Waals surface area contributed by atoms with Gasteiger partial charge in [0, 0.05) is 35.8 Å². The number of benzene rings is 2. The molecule has 1 aliphatic heterocycles. The van der Waals surface area contributed by atoms with E-state index < -0.39 is 0 Å². The molecule has 0 aromatic heterocycles. The molecule has 3 nitrogen and oxygen atoms in total. The van der Waals surface area contributed by atoms with E-state index in [9.17, 15) is 4.79 Å². The maximum atomic E-state index is 11.9. The molecule has 152 valence electrons. The van der Waals surface area contributed by atoms with Crippen LogP contribution in [0.4, 0.5) is 5.69 Å². The predicted octanol–water partition coefficient (Wildman–Crippen LogP) is 5.78. The summed E-state index contributed by atoms with van der Waals surface area (Å²) < 4.78 is 0. The van der Waals surface area contributed by atoms with Crippen LogP contribution in [-0.4, -0.2) is 18.4 Å². The van der Waals surface area contributed by atoms with E-state index in [1.54, 1.807) is 0 Å². The number of nitrogens with one attached hydrogen (secondary N) is 2. The summed E-state index contributed by atoms with van der Waals surface area (Å²) in [6.45, 7) is 5.02. The smallest absolute Gasteiger partial charge is 0.158 e. The number of carbonyl (C=O) groups is 1. The van der Waals surface area contributed by atoms with E-state index in [0.717, 1.165) is 54.1 Å². The van der Waals surface area contributed by atoms with Gasteiger partial charge in [-0.2, -0.15) is 0 Å². The van der Waals surface area contributed by atoms with E-state index in [1.165, 1.54) is 16.7 Å². The molecule has 29 heavy (non-hydrogen) atoms. The Morgan fingerprint density at radius 3 is 2.76 bits per heavy atom. The van der Waals surface area contributed by atoms with Crippen molar-refractivity contribution in [2.45, 2.75) is 58.0 Å². The Kier molecular flexibility index (Phi) is 6.07. The van der Waals surface area contributed by atoms with Crippen LogP contribution in [-0.2, 0) is 11.2 Å². The van der Waals surface area contributed by atoms with Crippen molar-refractivity contribution in [3.05, 3.63) is 75.3 Å². The van der Waals surface area contributed by atoms with Gasteiger partial charge in [-0.25, -0.2) is 0 Å². The summed E-state index contributed by atoms with van der Waals surface area (Å²) in [4.78, 5) is 11.9. The lowest BCUT2D eigenvalue weighted by Gasteiger charge is -2.16. The first-order valence-corrected chi connectivity index (χ1v) is 11.0. The number of carbonyl (C=O) groups excluding carboxylic acids is 1. The standard InChI is InChI=1S/C25H29ClN2O/c1-16-6-3-4-7-18(16)12-13-27-20-10-11-21(22(26)15-20)25-23(28-25)14-19-8-5-9-24(29)17(19)2/h3-4,6-7,10-11,15,23,25,27-28H,5,8-9,12-14H2,1-2H3. The van der Waals surface area contributed by atoms with Gasteiger partial charge in [-0.3, -0.25) is 4.79 Å². The number of hydrogen-bond acceptors (Lipinski definition) is 3. The molecule has 2 unspecified atom stereocenters. The van der Waals surface area contributed by atoms with Crippen LogP contribution in [0.2, 0.25) is 5.02 Å². The molecule has 1 aliphatic carbocycles. The zero-order chi connectivity index (χ0) is 20.4. The van der Waals surface area contributed by atoms with E-state index in [0.29, 0.717) is 24.3 Å². The summed E-state index contributed by atoms with van der Waals surface area (Å²) in [5, 5.41) is 7.84. The van der Waals surface area contributed by atoms with Crippen LogP contribution in [0.25, 0.3) is 0 Å². The summed E-state index contributed by atoms with van der Waals surface area (Å²) >= 11 is 6.60. The van der Waals surface area contributed by atoms with Gasteiger partial charge >= 0.3 is 0 Å². The minimum atomic E-state index is 0.292. The van der Waals surface area contributed by atoms with E-state index in [4.69, 9.17) is 11.6 Å². The maximum Gasteiger partial charge on any atom is 0.158 e. The lowest BCUT2D eigenvalue weighted by atomic mass is 9.88. The van der Waals surface area contributed by atoms with E-state index in [-0.39, 0.29) is 0 Å². The SMILES string of the molecule is CC1=C(CC2NC2c2ccc(NCCc3ccccc3C)cc2Cl)CCCC1=O. The van der Waals surface area contributed by atoms with Crippen LogP contribution in [0.3, 0.4) is 0 Å². The van der Waals surface area contributed by atoms with Crippen molar-refractivity contribution in [3.8, 4) is 0 Å². The number of Topliss-reactive ketones (excluding diaryl/α,β-unsaturated/α-hetero) is 1. The molecule has 2 aliphatic rings. The first kappa shape index (κ1) is 20.2. The van der Waals surface area contributed by atoms with Gasteiger partial charge in [0.05, 0.1) is 0 Å². The quantitative estimate of drug-likeness (QED) is 0.571. The second-order valence-electron chi connectivity index (χ2n) is 8.30. The van der Waals surface area contributed by atoms with Gasteiger partial charge in [-0.05, 0) is 73.9 Å². The van der Waals surface area contributed by atoms with Crippen LogP contribution in [0.1, 0.15) is 55.3 Å². The van der Waals surface area contributed by atoms with Gasteiger partial charge in [0.2, 0.25) is 0 Å². The number of aryl methyl sites for hydroxylation is 1. The van der Waals surface area contributed by atoms with Crippen molar-refractivity contribution in [1.82, 2.24) is 5.32 Å². The third-order valence-corrected chi connectivity index (χ3v) is 6.63. The Morgan fingerprint density at radius 1 is 1.14 bits per heavy atom. The third kappa shape index (κ3) is 4.73. The molecular weight excluding hydrogens is 380 g/mol. The molecule has 2 atom stereocenters. The van der Waals surface area contributed by atoms with Gasteiger partial charge in [0.15, 0.2) is 5.78 Å². The van der Waals surface area contributed by atoms with Crippen LogP contribution in [0.15, 0.2) is 53.6 Å². The Bertz CT molecular complexity index is 950. The van der Waals surface area contributed by atoms with E-state index in [1.807, 2.05) is 13.0 Å². The van der Waals surface area contributed by atoms with Crippen LogP contribution < -0.4 is 10.6 Å². The minimum absolute atomic E-state index is 0.292.